The van der Waals surface area contributed by atoms with Crippen molar-refractivity contribution in [1.82, 2.24) is 5.32 Å². The van der Waals surface area contributed by atoms with Crippen LogP contribution < -0.4 is 16.8 Å². The second-order valence-electron chi connectivity index (χ2n) is 2.67. The van der Waals surface area contributed by atoms with E-state index in [1.807, 2.05) is 13.8 Å². The van der Waals surface area contributed by atoms with Gasteiger partial charge in [-0.15, -0.1) is 0 Å². The number of rotatable bonds is 4. The van der Waals surface area contributed by atoms with Crippen LogP contribution in [0, 0.1) is 0 Å². The van der Waals surface area contributed by atoms with Crippen molar-refractivity contribution in [3.63, 3.8) is 0 Å². The van der Waals surface area contributed by atoms with Gasteiger partial charge in [-0.1, -0.05) is 6.58 Å². The topological polar surface area (TPSA) is 76.4 Å². The smallest absolute Gasteiger partial charge is 0.118 e. The summed E-state index contributed by atoms with van der Waals surface area (Å²) in [5.74, 6) is 0.579. The van der Waals surface area contributed by atoms with Crippen molar-refractivity contribution >= 4 is 6.21 Å². The van der Waals surface area contributed by atoms with Crippen LogP contribution in [0.25, 0.3) is 0 Å². The van der Waals surface area contributed by atoms with E-state index in [4.69, 9.17) is 11.5 Å². The van der Waals surface area contributed by atoms with Gasteiger partial charge in [0, 0.05) is 12.2 Å². The Balaban J connectivity index is 3.92. The number of allylic oxidation sites excluding steroid dienone is 1. The summed E-state index contributed by atoms with van der Waals surface area (Å²) in [7, 11) is 0. The van der Waals surface area contributed by atoms with E-state index in [-0.39, 0.29) is 0 Å². The molecule has 0 aliphatic rings. The maximum atomic E-state index is 5.37. The van der Waals surface area contributed by atoms with Gasteiger partial charge in [0.05, 0.1) is 11.9 Å². The van der Waals surface area contributed by atoms with Crippen molar-refractivity contribution < 1.29 is 0 Å². The Morgan fingerprint density at radius 2 is 2.17 bits per heavy atom. The molecule has 0 saturated heterocycles. The average molecular weight is 168 g/mol. The van der Waals surface area contributed by atoms with E-state index < -0.39 is 0 Å². The first kappa shape index (κ1) is 10.6. The van der Waals surface area contributed by atoms with Crippen LogP contribution in [0.1, 0.15) is 13.8 Å². The highest BCUT2D eigenvalue weighted by molar-refractivity contribution is 5.77. The molecule has 0 aliphatic heterocycles. The molecular weight excluding hydrogens is 152 g/mol. The SMILES string of the molecule is C=C(N=C/C(N)=C\N)NC(C)C. The number of hydrogen-bond acceptors (Lipinski definition) is 4. The zero-order chi connectivity index (χ0) is 9.56. The van der Waals surface area contributed by atoms with Crippen LogP contribution in [0.5, 0.6) is 0 Å². The fourth-order valence-electron chi connectivity index (χ4n) is 0.566. The van der Waals surface area contributed by atoms with Gasteiger partial charge in [-0.2, -0.15) is 0 Å². The predicted octanol–water partition coefficient (Wildman–Crippen LogP) is 0.285. The summed E-state index contributed by atoms with van der Waals surface area (Å²) in [4.78, 5) is 3.93. The summed E-state index contributed by atoms with van der Waals surface area (Å²) in [6.07, 6.45) is 2.74. The molecule has 0 heterocycles. The second kappa shape index (κ2) is 5.23. The van der Waals surface area contributed by atoms with Gasteiger partial charge in [-0.25, -0.2) is 4.99 Å². The zero-order valence-electron chi connectivity index (χ0n) is 7.54. The lowest BCUT2D eigenvalue weighted by Crippen LogP contribution is -2.20. The summed E-state index contributed by atoms with van der Waals surface area (Å²) >= 11 is 0. The minimum Gasteiger partial charge on any atom is -0.403 e. The Morgan fingerprint density at radius 3 is 2.58 bits per heavy atom. The van der Waals surface area contributed by atoms with Crippen LogP contribution in [-0.2, 0) is 0 Å². The van der Waals surface area contributed by atoms with Crippen molar-refractivity contribution in [2.24, 2.45) is 16.5 Å². The van der Waals surface area contributed by atoms with Crippen molar-refractivity contribution in [3.8, 4) is 0 Å². The molecule has 0 atom stereocenters. The molecule has 5 N–H and O–H groups in total. The lowest BCUT2D eigenvalue weighted by molar-refractivity contribution is 0.666. The fraction of sp³-hybridized carbons (Fsp3) is 0.375. The summed E-state index contributed by atoms with van der Waals surface area (Å²) in [5, 5.41) is 3.01. The number of hydrogen-bond donors (Lipinski definition) is 3. The molecule has 0 aliphatic carbocycles. The molecule has 0 aromatic carbocycles. The van der Waals surface area contributed by atoms with Crippen LogP contribution >= 0.6 is 0 Å². The summed E-state index contributed by atoms with van der Waals surface area (Å²) < 4.78 is 0. The summed E-state index contributed by atoms with van der Waals surface area (Å²) in [6, 6.07) is 0.317. The first-order valence-electron chi connectivity index (χ1n) is 3.73. The second-order valence-corrected chi connectivity index (χ2v) is 2.67. The third kappa shape index (κ3) is 5.34. The third-order valence-electron chi connectivity index (χ3n) is 1.02. The van der Waals surface area contributed by atoms with Gasteiger partial charge in [0.1, 0.15) is 5.82 Å². The highest BCUT2D eigenvalue weighted by Gasteiger charge is 1.91. The van der Waals surface area contributed by atoms with Gasteiger partial charge < -0.3 is 16.8 Å². The Bertz CT molecular complexity index is 203. The number of nitrogens with two attached hydrogens (primary N) is 2. The van der Waals surface area contributed by atoms with Crippen LogP contribution in [0.3, 0.4) is 0 Å². The maximum Gasteiger partial charge on any atom is 0.118 e. The van der Waals surface area contributed by atoms with Gasteiger partial charge in [-0.05, 0) is 13.8 Å². The van der Waals surface area contributed by atoms with E-state index in [0.717, 1.165) is 0 Å². The fourth-order valence-corrected chi connectivity index (χ4v) is 0.566. The highest BCUT2D eigenvalue weighted by Crippen LogP contribution is 1.89. The largest absolute Gasteiger partial charge is 0.403 e. The highest BCUT2D eigenvalue weighted by atomic mass is 15.0. The number of aliphatic imine (C=N–C) groups is 1. The van der Waals surface area contributed by atoms with Crippen LogP contribution in [0.4, 0.5) is 0 Å². The standard InChI is InChI=1S/C8H16N4/c1-6(2)12-7(3)11-5-8(10)4-9/h4-6,12H,3,9-10H2,1-2H3/b8-4+,11-5?. The lowest BCUT2D eigenvalue weighted by Gasteiger charge is -2.07. The van der Waals surface area contributed by atoms with E-state index in [1.54, 1.807) is 0 Å². The van der Waals surface area contributed by atoms with E-state index in [1.165, 1.54) is 12.4 Å². The van der Waals surface area contributed by atoms with Gasteiger partial charge in [0.15, 0.2) is 0 Å². The van der Waals surface area contributed by atoms with Crippen LogP contribution in [-0.4, -0.2) is 12.3 Å². The molecule has 0 aromatic rings. The quantitative estimate of drug-likeness (QED) is 0.528. The molecule has 0 fully saturated rings. The minimum atomic E-state index is 0.317. The molecule has 12 heavy (non-hydrogen) atoms. The van der Waals surface area contributed by atoms with E-state index in [2.05, 4.69) is 16.9 Å². The van der Waals surface area contributed by atoms with Gasteiger partial charge >= 0.3 is 0 Å². The molecule has 0 unspecified atom stereocenters. The molecule has 0 bridgehead atoms. The molecule has 4 heteroatoms. The normalized spacial score (nSPS) is 12.4. The average Bonchev–Trinajstić information content (AvgIpc) is 1.99. The van der Waals surface area contributed by atoms with Crippen molar-refractivity contribution in [1.29, 1.82) is 0 Å². The molecule has 0 rings (SSSR count). The van der Waals surface area contributed by atoms with Gasteiger partial charge in [0.2, 0.25) is 0 Å². The van der Waals surface area contributed by atoms with E-state index in [9.17, 15) is 0 Å². The summed E-state index contributed by atoms with van der Waals surface area (Å²) in [5.41, 5.74) is 10.9. The van der Waals surface area contributed by atoms with Crippen LogP contribution in [0.15, 0.2) is 29.3 Å². The third-order valence-corrected chi connectivity index (χ3v) is 1.02. The Kier molecular flexibility index (Phi) is 4.60. The first-order valence-corrected chi connectivity index (χ1v) is 3.73. The number of nitrogens with one attached hydrogen (secondary N) is 1. The van der Waals surface area contributed by atoms with Gasteiger partial charge in [-0.3, -0.25) is 0 Å². The molecule has 0 saturated carbocycles. The Labute approximate surface area is 73.0 Å². The lowest BCUT2D eigenvalue weighted by atomic mass is 10.4. The summed E-state index contributed by atoms with van der Waals surface area (Å²) in [6.45, 7) is 7.67. The molecule has 4 nitrogen and oxygen atoms in total. The maximum absolute atomic E-state index is 5.37. The molecule has 0 aromatic heterocycles. The Hall–Kier alpha value is -1.45. The molecular formula is C8H16N4. The van der Waals surface area contributed by atoms with Crippen molar-refractivity contribution in [3.05, 3.63) is 24.3 Å². The van der Waals surface area contributed by atoms with Gasteiger partial charge in [0.25, 0.3) is 0 Å². The molecule has 0 amide bonds. The van der Waals surface area contributed by atoms with Crippen molar-refractivity contribution in [2.75, 3.05) is 0 Å². The molecule has 0 radical (unpaired) electrons. The van der Waals surface area contributed by atoms with E-state index >= 15 is 0 Å². The molecule has 0 spiro atoms. The zero-order valence-corrected chi connectivity index (χ0v) is 7.54. The Morgan fingerprint density at radius 1 is 1.58 bits per heavy atom. The van der Waals surface area contributed by atoms with Crippen molar-refractivity contribution in [2.45, 2.75) is 19.9 Å². The van der Waals surface area contributed by atoms with Crippen LogP contribution in [0.2, 0.25) is 0 Å². The predicted molar refractivity (Wildman–Crippen MR) is 52.4 cm³/mol. The molecule has 68 valence electrons. The first-order chi connectivity index (χ1) is 5.56. The number of nitrogens with zero attached hydrogens (tertiary/aromatic N) is 1. The minimum absolute atomic E-state index is 0.317. The van der Waals surface area contributed by atoms with E-state index in [0.29, 0.717) is 17.6 Å². The monoisotopic (exact) mass is 168 g/mol.